The van der Waals surface area contributed by atoms with E-state index >= 15 is 0 Å². The zero-order chi connectivity index (χ0) is 16.1. The molecule has 116 valence electrons. The van der Waals surface area contributed by atoms with Crippen LogP contribution in [0.15, 0.2) is 18.5 Å². The quantitative estimate of drug-likeness (QED) is 0.696. The van der Waals surface area contributed by atoms with E-state index < -0.39 is 36.5 Å². The fourth-order valence-electron chi connectivity index (χ4n) is 2.66. The summed E-state index contributed by atoms with van der Waals surface area (Å²) in [5.41, 5.74) is 3.21. The number of aliphatic hydroxyl groups excluding tert-OH is 2. The van der Waals surface area contributed by atoms with Crippen LogP contribution in [-0.2, 0) is 4.74 Å². The highest BCUT2D eigenvalue weighted by Crippen LogP contribution is 2.43. The average molecular weight is 309 g/mol. The fourth-order valence-corrected chi connectivity index (χ4v) is 2.66. The second kappa shape index (κ2) is 4.91. The summed E-state index contributed by atoms with van der Waals surface area (Å²) in [7, 11) is 0. The van der Waals surface area contributed by atoms with E-state index in [0.29, 0.717) is 0 Å². The van der Waals surface area contributed by atoms with Crippen molar-refractivity contribution in [2.75, 3.05) is 12.3 Å². The van der Waals surface area contributed by atoms with Crippen molar-refractivity contribution in [3.8, 4) is 12.3 Å². The number of hydrogen-bond donors (Lipinski definition) is 3. The molecule has 1 aliphatic heterocycles. The van der Waals surface area contributed by atoms with E-state index in [1.54, 1.807) is 0 Å². The maximum atomic E-state index is 14.9. The van der Waals surface area contributed by atoms with Crippen molar-refractivity contribution in [3.63, 3.8) is 0 Å². The Balaban J connectivity index is 2.20. The van der Waals surface area contributed by atoms with E-state index in [0.717, 1.165) is 10.8 Å². The van der Waals surface area contributed by atoms with Gasteiger partial charge in [0.2, 0.25) is 5.67 Å². The Kier molecular flexibility index (Phi) is 3.29. The predicted molar refractivity (Wildman–Crippen MR) is 73.8 cm³/mol. The number of alkyl halides is 1. The van der Waals surface area contributed by atoms with Gasteiger partial charge in [0.05, 0.1) is 12.0 Å². The molecule has 1 fully saturated rings. The number of rotatable bonds is 2. The molecule has 0 spiro atoms. The minimum Gasteiger partial charge on any atom is -0.398 e. The number of nitrogens with zero attached hydrogens (tertiary/aromatic N) is 2. The number of terminal acetylenes is 1. The number of aromatic nitrogens is 2. The molecule has 6 nitrogen and oxygen atoms in total. The van der Waals surface area contributed by atoms with Crippen molar-refractivity contribution in [3.05, 3.63) is 24.3 Å². The molecule has 3 heterocycles. The second-order valence-electron chi connectivity index (χ2n) is 5.05. The van der Waals surface area contributed by atoms with Gasteiger partial charge in [-0.15, -0.1) is 6.42 Å². The summed E-state index contributed by atoms with van der Waals surface area (Å²) in [5.74, 6) is 1.12. The molecule has 2 aromatic rings. The van der Waals surface area contributed by atoms with E-state index in [1.807, 2.05) is 5.92 Å². The minimum absolute atomic E-state index is 0.00686. The Morgan fingerprint density at radius 1 is 1.59 bits per heavy atom. The van der Waals surface area contributed by atoms with Crippen LogP contribution in [0, 0.1) is 18.2 Å². The van der Waals surface area contributed by atoms with Crippen LogP contribution in [0.25, 0.3) is 11.0 Å². The van der Waals surface area contributed by atoms with Crippen LogP contribution < -0.4 is 5.73 Å². The van der Waals surface area contributed by atoms with E-state index in [1.165, 1.54) is 12.3 Å². The molecule has 8 heteroatoms. The Hall–Kier alpha value is -2.21. The van der Waals surface area contributed by atoms with Crippen LogP contribution in [0.2, 0.25) is 0 Å². The first-order valence-corrected chi connectivity index (χ1v) is 6.45. The highest BCUT2D eigenvalue weighted by Gasteiger charge is 2.57. The molecule has 0 unspecified atom stereocenters. The molecule has 2 aromatic heterocycles. The molecule has 1 aliphatic rings. The molecule has 1 saturated heterocycles. The zero-order valence-corrected chi connectivity index (χ0v) is 11.3. The monoisotopic (exact) mass is 309 g/mol. The van der Waals surface area contributed by atoms with Gasteiger partial charge in [0, 0.05) is 18.1 Å². The average Bonchev–Trinajstić information content (AvgIpc) is 2.97. The largest absolute Gasteiger partial charge is 0.398 e. The second-order valence-corrected chi connectivity index (χ2v) is 5.05. The molecule has 0 saturated carbocycles. The van der Waals surface area contributed by atoms with Gasteiger partial charge in [-0.3, -0.25) is 4.57 Å². The number of hydrogen-bond acceptors (Lipinski definition) is 5. The van der Waals surface area contributed by atoms with Crippen molar-refractivity contribution in [2.24, 2.45) is 0 Å². The topological polar surface area (TPSA) is 93.5 Å². The number of nitrogens with two attached hydrogens (primary N) is 1. The number of pyridine rings is 1. The lowest BCUT2D eigenvalue weighted by Gasteiger charge is -2.24. The van der Waals surface area contributed by atoms with Gasteiger partial charge in [-0.05, 0) is 6.07 Å². The van der Waals surface area contributed by atoms with Crippen molar-refractivity contribution in [2.45, 2.75) is 24.1 Å². The van der Waals surface area contributed by atoms with E-state index in [-0.39, 0.29) is 16.7 Å². The first-order chi connectivity index (χ1) is 10.4. The molecule has 22 heavy (non-hydrogen) atoms. The van der Waals surface area contributed by atoms with Gasteiger partial charge in [-0.1, -0.05) is 5.92 Å². The van der Waals surface area contributed by atoms with E-state index in [2.05, 4.69) is 4.98 Å². The smallest absolute Gasteiger partial charge is 0.243 e. The van der Waals surface area contributed by atoms with Crippen LogP contribution in [0.5, 0.6) is 0 Å². The molecule has 0 aliphatic carbocycles. The number of nitrogen functional groups attached to an aromatic ring is 1. The van der Waals surface area contributed by atoms with Crippen molar-refractivity contribution >= 4 is 16.7 Å². The molecular formula is C14H13F2N3O3. The van der Waals surface area contributed by atoms with Crippen LogP contribution in [-0.4, -0.2) is 44.2 Å². The summed E-state index contributed by atoms with van der Waals surface area (Å²) in [5, 5.41) is 19.1. The first-order valence-electron chi connectivity index (χ1n) is 6.45. The van der Waals surface area contributed by atoms with Crippen molar-refractivity contribution in [1.29, 1.82) is 0 Å². The summed E-state index contributed by atoms with van der Waals surface area (Å²) >= 11 is 0. The van der Waals surface area contributed by atoms with Gasteiger partial charge in [0.15, 0.2) is 12.0 Å². The number of fused-ring (bicyclic) bond motifs is 1. The van der Waals surface area contributed by atoms with Crippen LogP contribution in [0.3, 0.4) is 0 Å². The number of anilines is 1. The normalized spacial score (nSPS) is 31.5. The molecule has 0 aromatic carbocycles. The standard InChI is InChI=1S/C14H13F2N3O3/c1-2-14(16)11(21)9(6-20)22-13(14)19-5-7(15)10-8(17)3-4-18-12(10)19/h1,3-5,9,11,13,20-21H,6H2,(H2,17,18)/t9-,11-,13-,14-/m1/s1. The lowest BCUT2D eigenvalue weighted by molar-refractivity contribution is -0.0503. The van der Waals surface area contributed by atoms with Gasteiger partial charge < -0.3 is 20.7 Å². The number of halogens is 2. The maximum Gasteiger partial charge on any atom is 0.243 e. The number of aliphatic hydroxyl groups is 2. The Bertz CT molecular complexity index is 773. The van der Waals surface area contributed by atoms with E-state index in [4.69, 9.17) is 22.0 Å². The minimum atomic E-state index is -2.64. The molecule has 4 atom stereocenters. The summed E-state index contributed by atoms with van der Waals surface area (Å²) in [6, 6.07) is 1.40. The van der Waals surface area contributed by atoms with Gasteiger partial charge in [0.25, 0.3) is 0 Å². The maximum absolute atomic E-state index is 14.9. The molecular weight excluding hydrogens is 296 g/mol. The predicted octanol–water partition coefficient (Wildman–Crippen LogP) is 0.350. The number of ether oxygens (including phenoxy) is 1. The third-order valence-electron chi connectivity index (χ3n) is 3.80. The molecule has 4 N–H and O–H groups in total. The summed E-state index contributed by atoms with van der Waals surface area (Å²) in [4.78, 5) is 3.97. The van der Waals surface area contributed by atoms with E-state index in [9.17, 15) is 13.9 Å². The van der Waals surface area contributed by atoms with Gasteiger partial charge in [0.1, 0.15) is 17.9 Å². The third kappa shape index (κ3) is 1.80. The van der Waals surface area contributed by atoms with Crippen LogP contribution >= 0.6 is 0 Å². The third-order valence-corrected chi connectivity index (χ3v) is 3.80. The highest BCUT2D eigenvalue weighted by atomic mass is 19.1. The first kappa shape index (κ1) is 14.7. The van der Waals surface area contributed by atoms with Gasteiger partial charge >= 0.3 is 0 Å². The van der Waals surface area contributed by atoms with Gasteiger partial charge in [-0.2, -0.15) is 0 Å². The molecule has 0 radical (unpaired) electrons. The molecule has 0 amide bonds. The van der Waals surface area contributed by atoms with Crippen molar-refractivity contribution < 1.29 is 23.7 Å². The highest BCUT2D eigenvalue weighted by molar-refractivity contribution is 5.89. The molecule has 3 rings (SSSR count). The molecule has 0 bridgehead atoms. The lowest BCUT2D eigenvalue weighted by Crippen LogP contribution is -2.42. The Morgan fingerprint density at radius 2 is 2.32 bits per heavy atom. The lowest BCUT2D eigenvalue weighted by atomic mass is 9.97. The summed E-state index contributed by atoms with van der Waals surface area (Å²) < 4.78 is 35.3. The Morgan fingerprint density at radius 3 is 2.95 bits per heavy atom. The Labute approximate surface area is 124 Å². The SMILES string of the molecule is C#C[C@@]1(F)[C@H](O)[C@@H](CO)O[C@H]1n1cc(F)c2c(N)ccnc21. The summed E-state index contributed by atoms with van der Waals surface area (Å²) in [6.45, 7) is -0.637. The van der Waals surface area contributed by atoms with Crippen LogP contribution in [0.4, 0.5) is 14.5 Å². The zero-order valence-electron chi connectivity index (χ0n) is 11.3. The van der Waals surface area contributed by atoms with Gasteiger partial charge in [-0.25, -0.2) is 13.8 Å². The summed E-state index contributed by atoms with van der Waals surface area (Å²) in [6.07, 6.45) is 2.95. The van der Waals surface area contributed by atoms with Crippen LogP contribution in [0.1, 0.15) is 6.23 Å². The van der Waals surface area contributed by atoms with Crippen molar-refractivity contribution in [1.82, 2.24) is 9.55 Å². The fraction of sp³-hybridized carbons (Fsp3) is 0.357.